The van der Waals surface area contributed by atoms with Crippen LogP contribution >= 0.6 is 0 Å². The van der Waals surface area contributed by atoms with Crippen molar-refractivity contribution in [1.82, 2.24) is 15.1 Å². The van der Waals surface area contributed by atoms with E-state index >= 15 is 0 Å². The minimum atomic E-state index is -0.332. The number of hydrogen-bond donors (Lipinski definition) is 1. The van der Waals surface area contributed by atoms with Gasteiger partial charge >= 0.3 is 0 Å². The molecule has 0 fully saturated rings. The topological polar surface area (TPSA) is 85.9 Å². The van der Waals surface area contributed by atoms with Crippen LogP contribution in [0.15, 0.2) is 97.1 Å². The minimum absolute atomic E-state index is 0.0860. The number of fused-ring (bicyclic) bond motifs is 1. The molecule has 1 aliphatic heterocycles. The summed E-state index contributed by atoms with van der Waals surface area (Å²) in [5.41, 5.74) is 6.13. The van der Waals surface area contributed by atoms with E-state index in [0.29, 0.717) is 36.8 Å². The molecule has 1 aromatic heterocycles. The number of benzene rings is 4. The van der Waals surface area contributed by atoms with Crippen molar-refractivity contribution in [2.75, 3.05) is 27.9 Å². The molecule has 0 saturated heterocycles. The van der Waals surface area contributed by atoms with Crippen molar-refractivity contribution in [1.29, 1.82) is 0 Å². The van der Waals surface area contributed by atoms with Gasteiger partial charge in [-0.3, -0.25) is 9.89 Å². The molecule has 1 atom stereocenters. The summed E-state index contributed by atoms with van der Waals surface area (Å²) in [6, 6.07) is 31.3. The van der Waals surface area contributed by atoms with Crippen LogP contribution < -0.4 is 18.9 Å². The number of methoxy groups -OCH3 is 3. The van der Waals surface area contributed by atoms with Crippen LogP contribution in [0.5, 0.6) is 23.0 Å². The molecule has 4 aromatic carbocycles. The number of H-pyrrole nitrogens is 1. The van der Waals surface area contributed by atoms with Gasteiger partial charge in [0.15, 0.2) is 11.5 Å². The van der Waals surface area contributed by atoms with Crippen molar-refractivity contribution < 1.29 is 23.7 Å². The highest BCUT2D eigenvalue weighted by Crippen LogP contribution is 2.43. The fourth-order valence-electron chi connectivity index (χ4n) is 5.52. The van der Waals surface area contributed by atoms with Gasteiger partial charge in [-0.2, -0.15) is 5.10 Å². The van der Waals surface area contributed by atoms with E-state index < -0.39 is 0 Å². The van der Waals surface area contributed by atoms with Gasteiger partial charge in [-0.25, -0.2) is 0 Å². The zero-order valence-corrected chi connectivity index (χ0v) is 24.4. The summed E-state index contributed by atoms with van der Waals surface area (Å²) in [7, 11) is 4.87. The van der Waals surface area contributed by atoms with Gasteiger partial charge in [-0.05, 0) is 71.6 Å². The Morgan fingerprint density at radius 2 is 1.49 bits per heavy atom. The maximum Gasteiger partial charge on any atom is 0.273 e. The highest BCUT2D eigenvalue weighted by atomic mass is 16.5. The first-order chi connectivity index (χ1) is 21.1. The fraction of sp³-hybridized carbons (Fsp3) is 0.200. The lowest BCUT2D eigenvalue weighted by Gasteiger charge is -2.27. The second-order valence-electron chi connectivity index (χ2n) is 10.3. The number of nitrogens with zero attached hydrogens (tertiary/aromatic N) is 2. The van der Waals surface area contributed by atoms with E-state index in [1.165, 1.54) is 0 Å². The molecule has 43 heavy (non-hydrogen) atoms. The molecule has 5 aromatic rings. The quantitative estimate of drug-likeness (QED) is 0.194. The first-order valence-corrected chi connectivity index (χ1v) is 14.1. The van der Waals surface area contributed by atoms with Crippen molar-refractivity contribution >= 4 is 5.91 Å². The molecule has 0 bridgehead atoms. The average molecular weight is 576 g/mol. The maximum atomic E-state index is 13.9. The highest BCUT2D eigenvalue weighted by Gasteiger charge is 2.42. The van der Waals surface area contributed by atoms with Gasteiger partial charge in [0.05, 0.1) is 33.1 Å². The van der Waals surface area contributed by atoms with E-state index in [4.69, 9.17) is 18.9 Å². The van der Waals surface area contributed by atoms with Crippen LogP contribution in [0, 0.1) is 0 Å². The molecular weight excluding hydrogens is 542 g/mol. The number of rotatable bonds is 11. The molecule has 8 nitrogen and oxygen atoms in total. The lowest BCUT2D eigenvalue weighted by Crippen LogP contribution is -2.31. The Kier molecular flexibility index (Phi) is 8.00. The second-order valence-corrected chi connectivity index (χ2v) is 10.3. The summed E-state index contributed by atoms with van der Waals surface area (Å²) < 4.78 is 22.3. The molecule has 1 unspecified atom stereocenters. The van der Waals surface area contributed by atoms with Crippen LogP contribution in [0.3, 0.4) is 0 Å². The fourth-order valence-corrected chi connectivity index (χ4v) is 5.52. The number of nitrogens with one attached hydrogen (secondary N) is 1. The van der Waals surface area contributed by atoms with Gasteiger partial charge in [-0.15, -0.1) is 0 Å². The SMILES string of the molecule is COc1ccc(-c2n[nH]c3c2C(c2ccc(OCc4ccccc4)cc2)N(CCc2ccc(OC)c(OC)c2)C3=O)cc1. The molecule has 1 aliphatic rings. The molecule has 218 valence electrons. The molecule has 0 radical (unpaired) electrons. The van der Waals surface area contributed by atoms with Crippen molar-refractivity contribution in [2.24, 2.45) is 0 Å². The van der Waals surface area contributed by atoms with E-state index in [0.717, 1.165) is 45.0 Å². The molecule has 0 saturated carbocycles. The zero-order valence-electron chi connectivity index (χ0n) is 24.4. The number of carbonyl (C=O) groups is 1. The van der Waals surface area contributed by atoms with Crippen LogP contribution in [0.25, 0.3) is 11.3 Å². The summed E-state index contributed by atoms with van der Waals surface area (Å²) in [5, 5.41) is 7.64. The summed E-state index contributed by atoms with van der Waals surface area (Å²) in [6.45, 7) is 0.975. The number of amides is 1. The van der Waals surface area contributed by atoms with Crippen LogP contribution in [0.2, 0.25) is 0 Å². The molecule has 8 heteroatoms. The Morgan fingerprint density at radius 3 is 2.19 bits per heavy atom. The minimum Gasteiger partial charge on any atom is -0.497 e. The standard InChI is InChI=1S/C35H33N3O5/c1-40-27-14-10-25(11-15-27)32-31-33(37-36-32)35(39)38(20-19-23-9-18-29(41-2)30(21-23)42-3)34(31)26-12-16-28(17-13-26)43-22-24-7-5-4-6-8-24/h4-18,21,34H,19-20,22H2,1-3H3,(H,36,37). The maximum absolute atomic E-state index is 13.9. The van der Waals surface area contributed by atoms with Crippen molar-refractivity contribution in [3.05, 3.63) is 125 Å². The van der Waals surface area contributed by atoms with Gasteiger partial charge in [0, 0.05) is 17.7 Å². The van der Waals surface area contributed by atoms with Crippen LogP contribution in [-0.4, -0.2) is 48.9 Å². The molecule has 1 N–H and O–H groups in total. The highest BCUT2D eigenvalue weighted by molar-refractivity contribution is 6.00. The first kappa shape index (κ1) is 27.9. The molecule has 6 rings (SSSR count). The van der Waals surface area contributed by atoms with E-state index in [1.54, 1.807) is 21.3 Å². The Morgan fingerprint density at radius 1 is 0.767 bits per heavy atom. The third kappa shape index (κ3) is 5.64. The smallest absolute Gasteiger partial charge is 0.273 e. The predicted octanol–water partition coefficient (Wildman–Crippen LogP) is 6.47. The lowest BCUT2D eigenvalue weighted by atomic mass is 9.95. The van der Waals surface area contributed by atoms with Crippen LogP contribution in [0.4, 0.5) is 0 Å². The van der Waals surface area contributed by atoms with Crippen molar-refractivity contribution in [2.45, 2.75) is 19.1 Å². The van der Waals surface area contributed by atoms with Gasteiger partial charge in [0.2, 0.25) is 0 Å². The van der Waals surface area contributed by atoms with E-state index in [2.05, 4.69) is 10.2 Å². The predicted molar refractivity (Wildman–Crippen MR) is 164 cm³/mol. The second kappa shape index (κ2) is 12.3. The molecule has 2 heterocycles. The van der Waals surface area contributed by atoms with Gasteiger partial charge in [0.1, 0.15) is 23.8 Å². The zero-order chi connectivity index (χ0) is 29.8. The number of aromatic amines is 1. The third-order valence-electron chi connectivity index (χ3n) is 7.76. The summed E-state index contributed by atoms with van der Waals surface area (Å²) >= 11 is 0. The molecular formula is C35H33N3O5. The van der Waals surface area contributed by atoms with Crippen molar-refractivity contribution in [3.63, 3.8) is 0 Å². The number of hydrogen-bond acceptors (Lipinski definition) is 6. The van der Waals surface area contributed by atoms with E-state index in [1.807, 2.05) is 102 Å². The summed E-state index contributed by atoms with van der Waals surface area (Å²) in [4.78, 5) is 15.8. The first-order valence-electron chi connectivity index (χ1n) is 14.1. The van der Waals surface area contributed by atoms with Crippen LogP contribution in [0.1, 0.15) is 38.8 Å². The van der Waals surface area contributed by atoms with Crippen molar-refractivity contribution in [3.8, 4) is 34.3 Å². The van der Waals surface area contributed by atoms with E-state index in [-0.39, 0.29) is 11.9 Å². The Balaban J connectivity index is 1.32. The number of carbonyl (C=O) groups excluding carboxylic acids is 1. The molecule has 0 aliphatic carbocycles. The Labute approximate surface area is 250 Å². The molecule has 0 spiro atoms. The number of aromatic nitrogens is 2. The van der Waals surface area contributed by atoms with Gasteiger partial charge in [0.25, 0.3) is 5.91 Å². The van der Waals surface area contributed by atoms with Gasteiger partial charge in [-0.1, -0.05) is 48.5 Å². The summed E-state index contributed by atoms with van der Waals surface area (Å²) in [6.07, 6.45) is 0.635. The van der Waals surface area contributed by atoms with Crippen LogP contribution in [-0.2, 0) is 13.0 Å². The lowest BCUT2D eigenvalue weighted by molar-refractivity contribution is 0.0746. The third-order valence-corrected chi connectivity index (χ3v) is 7.76. The largest absolute Gasteiger partial charge is 0.497 e. The molecule has 1 amide bonds. The van der Waals surface area contributed by atoms with E-state index in [9.17, 15) is 4.79 Å². The van der Waals surface area contributed by atoms with Gasteiger partial charge < -0.3 is 23.8 Å². The summed E-state index contributed by atoms with van der Waals surface area (Å²) in [5.74, 6) is 2.76. The monoisotopic (exact) mass is 575 g/mol. The number of ether oxygens (including phenoxy) is 4. The average Bonchev–Trinajstić information content (AvgIpc) is 3.61. The normalized spacial score (nSPS) is 14.0. The Bertz CT molecular complexity index is 1700. The Hall–Kier alpha value is -5.24.